The minimum atomic E-state index is -0.544. The van der Waals surface area contributed by atoms with Gasteiger partial charge in [-0.1, -0.05) is 0 Å². The number of benzene rings is 1. The predicted molar refractivity (Wildman–Crippen MR) is 68.8 cm³/mol. The third kappa shape index (κ3) is 3.20. The van der Waals surface area contributed by atoms with E-state index in [4.69, 9.17) is 5.73 Å². The molecule has 1 amide bonds. The Hall–Kier alpha value is -1.62. The number of nitrogens with two attached hydrogens (primary N) is 1. The molecule has 98 valence electrons. The van der Waals surface area contributed by atoms with Crippen LogP contribution in [0.15, 0.2) is 18.2 Å². The molecular formula is C13H18FN3O. The molecule has 0 heterocycles. The van der Waals surface area contributed by atoms with E-state index in [9.17, 15) is 9.18 Å². The van der Waals surface area contributed by atoms with Crippen LogP contribution in [0.5, 0.6) is 0 Å². The lowest BCUT2D eigenvalue weighted by atomic mass is 10.2. The maximum absolute atomic E-state index is 13.4. The number of nitrogens with one attached hydrogen (secondary N) is 1. The zero-order valence-corrected chi connectivity index (χ0v) is 10.4. The van der Waals surface area contributed by atoms with Crippen molar-refractivity contribution in [2.24, 2.45) is 0 Å². The quantitative estimate of drug-likeness (QED) is 0.774. The van der Waals surface area contributed by atoms with E-state index in [-0.39, 0.29) is 5.56 Å². The Morgan fingerprint density at radius 2 is 2.28 bits per heavy atom. The van der Waals surface area contributed by atoms with Crippen LogP contribution in [0.2, 0.25) is 0 Å². The lowest BCUT2D eigenvalue weighted by molar-refractivity contribution is 0.0945. The Kier molecular flexibility index (Phi) is 3.81. The van der Waals surface area contributed by atoms with Crippen molar-refractivity contribution < 1.29 is 9.18 Å². The first-order valence-electron chi connectivity index (χ1n) is 6.11. The molecule has 1 saturated carbocycles. The molecule has 1 aliphatic rings. The predicted octanol–water partition coefficient (Wildman–Crippen LogP) is 1.23. The number of anilines is 1. The molecule has 0 spiro atoms. The van der Waals surface area contributed by atoms with Crippen LogP contribution >= 0.6 is 0 Å². The molecule has 2 rings (SSSR count). The number of hydrogen-bond donors (Lipinski definition) is 2. The first-order valence-corrected chi connectivity index (χ1v) is 6.11. The van der Waals surface area contributed by atoms with E-state index in [2.05, 4.69) is 10.2 Å². The van der Waals surface area contributed by atoms with Crippen LogP contribution in [-0.4, -0.2) is 37.0 Å². The smallest absolute Gasteiger partial charge is 0.254 e. The lowest BCUT2D eigenvalue weighted by Crippen LogP contribution is -2.34. The Labute approximate surface area is 106 Å². The average molecular weight is 251 g/mol. The highest BCUT2D eigenvalue weighted by atomic mass is 19.1. The molecule has 0 atom stereocenters. The molecule has 3 N–H and O–H groups in total. The normalized spacial score (nSPS) is 14.8. The minimum absolute atomic E-state index is 0.00377. The van der Waals surface area contributed by atoms with Crippen molar-refractivity contribution in [2.45, 2.75) is 18.9 Å². The molecule has 1 fully saturated rings. The van der Waals surface area contributed by atoms with Gasteiger partial charge in [0.05, 0.1) is 5.56 Å². The zero-order chi connectivity index (χ0) is 13.1. The third-order valence-electron chi connectivity index (χ3n) is 3.16. The van der Waals surface area contributed by atoms with E-state index in [0.29, 0.717) is 18.3 Å². The Morgan fingerprint density at radius 3 is 2.94 bits per heavy atom. The molecule has 0 aromatic heterocycles. The third-order valence-corrected chi connectivity index (χ3v) is 3.16. The van der Waals surface area contributed by atoms with Crippen molar-refractivity contribution in [3.63, 3.8) is 0 Å². The average Bonchev–Trinajstić information content (AvgIpc) is 3.16. The zero-order valence-electron chi connectivity index (χ0n) is 10.4. The van der Waals surface area contributed by atoms with Crippen molar-refractivity contribution in [3.8, 4) is 0 Å². The monoisotopic (exact) mass is 251 g/mol. The van der Waals surface area contributed by atoms with Crippen LogP contribution in [-0.2, 0) is 0 Å². The number of rotatable bonds is 5. The number of halogens is 1. The van der Waals surface area contributed by atoms with Gasteiger partial charge in [-0.15, -0.1) is 0 Å². The van der Waals surface area contributed by atoms with Gasteiger partial charge in [0.25, 0.3) is 5.91 Å². The highest BCUT2D eigenvalue weighted by Gasteiger charge is 2.25. The fourth-order valence-corrected chi connectivity index (χ4v) is 1.86. The molecule has 0 bridgehead atoms. The van der Waals surface area contributed by atoms with E-state index < -0.39 is 11.7 Å². The second kappa shape index (κ2) is 5.35. The lowest BCUT2D eigenvalue weighted by Gasteiger charge is -2.15. The second-order valence-electron chi connectivity index (χ2n) is 4.71. The van der Waals surface area contributed by atoms with Crippen molar-refractivity contribution in [3.05, 3.63) is 29.6 Å². The van der Waals surface area contributed by atoms with Crippen molar-refractivity contribution in [1.29, 1.82) is 0 Å². The maximum atomic E-state index is 13.4. The Balaban J connectivity index is 1.85. The number of carbonyl (C=O) groups is 1. The fraction of sp³-hybridized carbons (Fsp3) is 0.462. The molecule has 1 aromatic rings. The van der Waals surface area contributed by atoms with E-state index in [0.717, 1.165) is 6.54 Å². The molecule has 5 heteroatoms. The van der Waals surface area contributed by atoms with Gasteiger partial charge in [0, 0.05) is 24.8 Å². The summed E-state index contributed by atoms with van der Waals surface area (Å²) >= 11 is 0. The number of nitrogens with zero attached hydrogens (tertiary/aromatic N) is 1. The summed E-state index contributed by atoms with van der Waals surface area (Å²) < 4.78 is 13.4. The summed E-state index contributed by atoms with van der Waals surface area (Å²) in [7, 11) is 2.03. The molecule has 4 nitrogen and oxygen atoms in total. The van der Waals surface area contributed by atoms with Gasteiger partial charge >= 0.3 is 0 Å². The molecule has 1 aromatic carbocycles. The summed E-state index contributed by atoms with van der Waals surface area (Å²) in [5.74, 6) is -0.957. The van der Waals surface area contributed by atoms with Gasteiger partial charge in [0.2, 0.25) is 0 Å². The second-order valence-corrected chi connectivity index (χ2v) is 4.71. The molecule has 1 aliphatic carbocycles. The van der Waals surface area contributed by atoms with Gasteiger partial charge in [-0.2, -0.15) is 0 Å². The van der Waals surface area contributed by atoms with Crippen molar-refractivity contribution in [1.82, 2.24) is 10.2 Å². The number of hydrogen-bond acceptors (Lipinski definition) is 3. The number of carbonyl (C=O) groups excluding carboxylic acids is 1. The molecule has 0 unspecified atom stereocenters. The van der Waals surface area contributed by atoms with Crippen molar-refractivity contribution in [2.75, 3.05) is 25.9 Å². The van der Waals surface area contributed by atoms with Gasteiger partial charge in [0.1, 0.15) is 5.82 Å². The minimum Gasteiger partial charge on any atom is -0.399 e. The highest BCUT2D eigenvalue weighted by Crippen LogP contribution is 2.24. The molecular weight excluding hydrogens is 233 g/mol. The Bertz CT molecular complexity index is 446. The number of nitrogen functional groups attached to an aromatic ring is 1. The van der Waals surface area contributed by atoms with Crippen LogP contribution < -0.4 is 11.1 Å². The fourth-order valence-electron chi connectivity index (χ4n) is 1.86. The van der Waals surface area contributed by atoms with E-state index in [1.807, 2.05) is 7.05 Å². The van der Waals surface area contributed by atoms with Gasteiger partial charge in [0.15, 0.2) is 0 Å². The molecule has 0 radical (unpaired) electrons. The number of amides is 1. The standard InChI is InChI=1S/C13H18FN3O/c1-17(10-3-4-10)7-6-16-13(18)11-8-9(15)2-5-12(11)14/h2,5,8,10H,3-4,6-7,15H2,1H3,(H,16,18). The van der Waals surface area contributed by atoms with Crippen LogP contribution in [0.1, 0.15) is 23.2 Å². The SMILES string of the molecule is CN(CCNC(=O)c1cc(N)ccc1F)C1CC1. The van der Waals surface area contributed by atoms with E-state index in [1.165, 1.54) is 31.0 Å². The highest BCUT2D eigenvalue weighted by molar-refractivity contribution is 5.95. The van der Waals surface area contributed by atoms with Crippen LogP contribution in [0.3, 0.4) is 0 Å². The summed E-state index contributed by atoms with van der Waals surface area (Å²) in [6.45, 7) is 1.29. The number of likely N-dealkylation sites (N-methyl/N-ethyl adjacent to an activating group) is 1. The van der Waals surface area contributed by atoms with E-state index >= 15 is 0 Å². The molecule has 18 heavy (non-hydrogen) atoms. The summed E-state index contributed by atoms with van der Waals surface area (Å²) in [4.78, 5) is 14.0. The van der Waals surface area contributed by atoms with Gasteiger partial charge < -0.3 is 16.0 Å². The molecule has 0 saturated heterocycles. The summed E-state index contributed by atoms with van der Waals surface area (Å²) in [5, 5.41) is 2.70. The first kappa shape index (κ1) is 12.8. The summed E-state index contributed by atoms with van der Waals surface area (Å²) in [6.07, 6.45) is 2.46. The van der Waals surface area contributed by atoms with Gasteiger partial charge in [-0.05, 0) is 38.1 Å². The van der Waals surface area contributed by atoms with Gasteiger partial charge in [-0.25, -0.2) is 4.39 Å². The first-order chi connectivity index (χ1) is 8.58. The van der Waals surface area contributed by atoms with Crippen molar-refractivity contribution >= 4 is 11.6 Å². The van der Waals surface area contributed by atoms with Crippen LogP contribution in [0, 0.1) is 5.82 Å². The van der Waals surface area contributed by atoms with Crippen LogP contribution in [0.4, 0.5) is 10.1 Å². The maximum Gasteiger partial charge on any atom is 0.254 e. The van der Waals surface area contributed by atoms with Gasteiger partial charge in [-0.3, -0.25) is 4.79 Å². The summed E-state index contributed by atoms with van der Waals surface area (Å²) in [6, 6.07) is 4.66. The van der Waals surface area contributed by atoms with E-state index in [1.54, 1.807) is 0 Å². The molecule has 0 aliphatic heterocycles. The van der Waals surface area contributed by atoms with Crippen LogP contribution in [0.25, 0.3) is 0 Å². The Morgan fingerprint density at radius 1 is 1.56 bits per heavy atom. The topological polar surface area (TPSA) is 58.4 Å². The summed E-state index contributed by atoms with van der Waals surface area (Å²) in [5.41, 5.74) is 5.92. The largest absolute Gasteiger partial charge is 0.399 e.